The Labute approximate surface area is 91.0 Å². The lowest BCUT2D eigenvalue weighted by molar-refractivity contribution is -0.0860. The van der Waals surface area contributed by atoms with Gasteiger partial charge in [0.2, 0.25) is 0 Å². The number of hydrogen-bond acceptors (Lipinski definition) is 2. The number of dihydropyridines is 1. The summed E-state index contributed by atoms with van der Waals surface area (Å²) in [5.41, 5.74) is 4.53. The van der Waals surface area contributed by atoms with Crippen molar-refractivity contribution < 1.29 is 13.2 Å². The van der Waals surface area contributed by atoms with Crippen LogP contribution in [0.5, 0.6) is 0 Å². The zero-order chi connectivity index (χ0) is 11.5. The molecule has 2 nitrogen and oxygen atoms in total. The highest BCUT2D eigenvalue weighted by Crippen LogP contribution is 2.29. The number of alkyl halides is 4. The monoisotopic (exact) mass is 240 g/mol. The molecule has 0 aromatic carbocycles. The van der Waals surface area contributed by atoms with Crippen LogP contribution < -0.4 is 5.73 Å². The van der Waals surface area contributed by atoms with Gasteiger partial charge < -0.3 is 5.73 Å². The highest BCUT2D eigenvalue weighted by molar-refractivity contribution is 6.23. The lowest BCUT2D eigenvalue weighted by Crippen LogP contribution is -2.26. The smallest absolute Gasteiger partial charge is 0.330 e. The minimum Gasteiger partial charge on any atom is -0.330 e. The number of hydrogen-bond donors (Lipinski definition) is 1. The Hall–Kier alpha value is -0.550. The first-order chi connectivity index (χ1) is 6.95. The van der Waals surface area contributed by atoms with Gasteiger partial charge in [-0.05, 0) is 19.4 Å². The van der Waals surface area contributed by atoms with Gasteiger partial charge in [-0.1, -0.05) is 6.08 Å². The van der Waals surface area contributed by atoms with E-state index in [0.29, 0.717) is 19.4 Å². The molecular weight excluding hydrogens is 229 g/mol. The number of nitrogens with zero attached hydrogens (tertiary/aromatic N) is 1. The van der Waals surface area contributed by atoms with E-state index in [9.17, 15) is 13.2 Å². The second kappa shape index (κ2) is 4.99. The minimum absolute atomic E-state index is 0.290. The first-order valence-corrected chi connectivity index (χ1v) is 5.05. The lowest BCUT2D eigenvalue weighted by Gasteiger charge is -2.21. The molecule has 1 heterocycles. The van der Waals surface area contributed by atoms with Gasteiger partial charge in [-0.2, -0.15) is 13.2 Å². The predicted molar refractivity (Wildman–Crippen MR) is 54.3 cm³/mol. The van der Waals surface area contributed by atoms with E-state index in [4.69, 9.17) is 17.3 Å². The summed E-state index contributed by atoms with van der Waals surface area (Å²) in [7, 11) is 0. The number of halogens is 4. The number of aliphatic imine (C=N–C) groups is 1. The zero-order valence-electron chi connectivity index (χ0n) is 7.97. The van der Waals surface area contributed by atoms with Gasteiger partial charge in [-0.3, -0.25) is 4.99 Å². The van der Waals surface area contributed by atoms with Gasteiger partial charge in [0, 0.05) is 6.21 Å². The number of nitrogens with two attached hydrogens (primary N) is 1. The van der Waals surface area contributed by atoms with E-state index >= 15 is 0 Å². The second-order valence-corrected chi connectivity index (χ2v) is 3.84. The van der Waals surface area contributed by atoms with Gasteiger partial charge >= 0.3 is 6.18 Å². The Bertz CT molecular complexity index is 273. The standard InChI is InChI=1S/C9H12ClF3N2/c10-7-4-6(9(11,12)13)5-15-8(7)2-1-3-14/h4-5,7-8H,1-3,14H2. The Morgan fingerprint density at radius 2 is 2.13 bits per heavy atom. The predicted octanol–water partition coefficient (Wildman–Crippen LogP) is 2.27. The van der Waals surface area contributed by atoms with Crippen LogP contribution in [0.4, 0.5) is 13.2 Å². The van der Waals surface area contributed by atoms with Gasteiger partial charge in [-0.25, -0.2) is 0 Å². The summed E-state index contributed by atoms with van der Waals surface area (Å²) in [6.45, 7) is 0.492. The van der Waals surface area contributed by atoms with Gasteiger partial charge in [0.1, 0.15) is 0 Å². The largest absolute Gasteiger partial charge is 0.417 e. The fraction of sp³-hybridized carbons (Fsp3) is 0.667. The van der Waals surface area contributed by atoms with Crippen molar-refractivity contribution in [2.75, 3.05) is 6.54 Å². The van der Waals surface area contributed by atoms with E-state index in [1.165, 1.54) is 0 Å². The maximum absolute atomic E-state index is 12.3. The summed E-state index contributed by atoms with van der Waals surface area (Å²) in [6, 6.07) is -0.290. The average molecular weight is 241 g/mol. The van der Waals surface area contributed by atoms with Gasteiger partial charge in [0.05, 0.1) is 17.0 Å². The minimum atomic E-state index is -4.37. The van der Waals surface area contributed by atoms with Crippen LogP contribution in [0, 0.1) is 0 Å². The van der Waals surface area contributed by atoms with Crippen molar-refractivity contribution >= 4 is 17.8 Å². The van der Waals surface area contributed by atoms with Crippen LogP contribution in [0.1, 0.15) is 12.8 Å². The second-order valence-electron chi connectivity index (χ2n) is 3.34. The summed E-state index contributed by atoms with van der Waals surface area (Å²) < 4.78 is 36.8. The molecule has 1 aliphatic rings. The summed E-state index contributed by atoms with van der Waals surface area (Å²) in [6.07, 6.45) is -1.19. The van der Waals surface area contributed by atoms with Crippen molar-refractivity contribution in [3.8, 4) is 0 Å². The fourth-order valence-corrected chi connectivity index (χ4v) is 1.64. The van der Waals surface area contributed by atoms with Gasteiger partial charge in [0.15, 0.2) is 0 Å². The van der Waals surface area contributed by atoms with Crippen LogP contribution in [-0.4, -0.2) is 30.4 Å². The molecule has 0 spiro atoms. The van der Waals surface area contributed by atoms with Crippen molar-refractivity contribution in [1.82, 2.24) is 0 Å². The maximum atomic E-state index is 12.3. The van der Waals surface area contributed by atoms with E-state index < -0.39 is 17.1 Å². The molecule has 0 saturated carbocycles. The fourth-order valence-electron chi connectivity index (χ4n) is 1.31. The molecule has 2 unspecified atom stereocenters. The van der Waals surface area contributed by atoms with Crippen LogP contribution in [0.15, 0.2) is 16.6 Å². The maximum Gasteiger partial charge on any atom is 0.417 e. The Morgan fingerprint density at radius 1 is 1.47 bits per heavy atom. The molecular formula is C9H12ClF3N2. The molecule has 6 heteroatoms. The van der Waals surface area contributed by atoms with Crippen molar-refractivity contribution in [3.63, 3.8) is 0 Å². The molecule has 0 radical (unpaired) electrons. The van der Waals surface area contributed by atoms with Crippen LogP contribution >= 0.6 is 11.6 Å². The highest BCUT2D eigenvalue weighted by atomic mass is 35.5. The zero-order valence-corrected chi connectivity index (χ0v) is 8.72. The van der Waals surface area contributed by atoms with E-state index in [2.05, 4.69) is 4.99 Å². The molecule has 0 amide bonds. The van der Waals surface area contributed by atoms with Gasteiger partial charge in [0.25, 0.3) is 0 Å². The average Bonchev–Trinajstić information content (AvgIpc) is 2.14. The molecule has 0 saturated heterocycles. The topological polar surface area (TPSA) is 38.4 Å². The van der Waals surface area contributed by atoms with Crippen molar-refractivity contribution in [1.29, 1.82) is 0 Å². The summed E-state index contributed by atoms with van der Waals surface area (Å²) >= 11 is 5.79. The first kappa shape index (κ1) is 12.5. The molecule has 0 fully saturated rings. The van der Waals surface area contributed by atoms with E-state index in [-0.39, 0.29) is 6.04 Å². The molecule has 1 aliphatic heterocycles. The molecule has 0 aromatic rings. The molecule has 0 aromatic heterocycles. The van der Waals surface area contributed by atoms with Crippen LogP contribution in [0.2, 0.25) is 0 Å². The Morgan fingerprint density at radius 3 is 2.60 bits per heavy atom. The summed E-state index contributed by atoms with van der Waals surface area (Å²) in [5, 5.41) is -0.696. The summed E-state index contributed by atoms with van der Waals surface area (Å²) in [5.74, 6) is 0. The quantitative estimate of drug-likeness (QED) is 0.755. The van der Waals surface area contributed by atoms with Crippen molar-refractivity contribution in [3.05, 3.63) is 11.6 Å². The van der Waals surface area contributed by atoms with Crippen LogP contribution in [-0.2, 0) is 0 Å². The number of allylic oxidation sites excluding steroid dienone is 1. The third-order valence-corrected chi connectivity index (χ3v) is 2.56. The molecule has 0 aliphatic carbocycles. The van der Waals surface area contributed by atoms with E-state index in [1.54, 1.807) is 0 Å². The normalized spacial score (nSPS) is 26.6. The first-order valence-electron chi connectivity index (χ1n) is 4.61. The molecule has 15 heavy (non-hydrogen) atoms. The van der Waals surface area contributed by atoms with Crippen molar-refractivity contribution in [2.24, 2.45) is 10.7 Å². The Kier molecular flexibility index (Phi) is 4.16. The van der Waals surface area contributed by atoms with E-state index in [1.807, 2.05) is 0 Å². The third kappa shape index (κ3) is 3.50. The molecule has 2 atom stereocenters. The molecule has 2 N–H and O–H groups in total. The highest BCUT2D eigenvalue weighted by Gasteiger charge is 2.35. The Balaban J connectivity index is 2.62. The van der Waals surface area contributed by atoms with Gasteiger partial charge in [-0.15, -0.1) is 11.6 Å². The third-order valence-electron chi connectivity index (χ3n) is 2.14. The number of rotatable bonds is 3. The van der Waals surface area contributed by atoms with Crippen molar-refractivity contribution in [2.45, 2.75) is 30.4 Å². The molecule has 1 rings (SSSR count). The SMILES string of the molecule is NCCCC1N=CC(C(F)(F)F)=CC1Cl. The molecule has 86 valence electrons. The van der Waals surface area contributed by atoms with Crippen LogP contribution in [0.3, 0.4) is 0 Å². The lowest BCUT2D eigenvalue weighted by atomic mass is 10.0. The molecule has 0 bridgehead atoms. The summed E-state index contributed by atoms with van der Waals surface area (Å²) in [4.78, 5) is 3.80. The van der Waals surface area contributed by atoms with Crippen LogP contribution in [0.25, 0.3) is 0 Å². The van der Waals surface area contributed by atoms with E-state index in [0.717, 1.165) is 12.3 Å².